The van der Waals surface area contributed by atoms with Gasteiger partial charge in [-0.3, -0.25) is 0 Å². The molecule has 0 fully saturated rings. The molecule has 0 aliphatic rings. The van der Waals surface area contributed by atoms with Crippen LogP contribution in [-0.2, 0) is 14.3 Å². The highest BCUT2D eigenvalue weighted by Gasteiger charge is 1.93. The Hall–Kier alpha value is -1.12. The zero-order valence-corrected chi connectivity index (χ0v) is 8.91. The smallest absolute Gasteiger partial charge is 0.330 e. The molecule has 0 saturated heterocycles. The predicted octanol–water partition coefficient (Wildman–Crippen LogP) is 2.26. The second kappa shape index (κ2) is 8.48. The number of allylic oxidation sites excluding steroid dienone is 1. The Morgan fingerprint density at radius 2 is 1.93 bits per heavy atom. The van der Waals surface area contributed by atoms with Crippen molar-refractivity contribution in [3.63, 3.8) is 0 Å². The first-order valence-electron chi connectivity index (χ1n) is 4.90. The van der Waals surface area contributed by atoms with Crippen molar-refractivity contribution < 1.29 is 14.3 Å². The van der Waals surface area contributed by atoms with Crippen molar-refractivity contribution in [2.45, 2.75) is 39.0 Å². The van der Waals surface area contributed by atoms with Crippen LogP contribution in [0.4, 0.5) is 0 Å². The molecular formula is C11H18O3. The van der Waals surface area contributed by atoms with Gasteiger partial charge < -0.3 is 9.53 Å². The van der Waals surface area contributed by atoms with E-state index in [1.807, 2.05) is 0 Å². The first kappa shape index (κ1) is 12.9. The van der Waals surface area contributed by atoms with Crippen molar-refractivity contribution in [1.29, 1.82) is 0 Å². The Morgan fingerprint density at radius 1 is 1.21 bits per heavy atom. The molecule has 0 unspecified atom stereocenters. The van der Waals surface area contributed by atoms with Crippen LogP contribution in [0.25, 0.3) is 0 Å². The van der Waals surface area contributed by atoms with Gasteiger partial charge in [-0.15, -0.1) is 0 Å². The number of carbonyl (C=O) groups excluding carboxylic acids is 2. The number of hydrogen-bond acceptors (Lipinski definition) is 3. The Labute approximate surface area is 85.1 Å². The summed E-state index contributed by atoms with van der Waals surface area (Å²) in [6, 6.07) is 0. The summed E-state index contributed by atoms with van der Waals surface area (Å²) >= 11 is 0. The third-order valence-corrected chi connectivity index (χ3v) is 1.85. The van der Waals surface area contributed by atoms with Gasteiger partial charge in [0.25, 0.3) is 0 Å². The maximum absolute atomic E-state index is 10.6. The number of esters is 1. The summed E-state index contributed by atoms with van der Waals surface area (Å²) in [5.74, 6) is -0.0659. The average molecular weight is 198 g/mol. The zero-order valence-electron chi connectivity index (χ0n) is 8.91. The monoisotopic (exact) mass is 198 g/mol. The second-order valence-electron chi connectivity index (χ2n) is 3.23. The number of methoxy groups -OCH3 is 1. The lowest BCUT2D eigenvalue weighted by molar-refractivity contribution is -0.134. The summed E-state index contributed by atoms with van der Waals surface area (Å²) in [6.45, 7) is 1.61. The number of Topliss-reactive ketones (excluding diaryl/α,β-unsaturated/α-hetero) is 1. The summed E-state index contributed by atoms with van der Waals surface area (Å²) in [6.07, 6.45) is 7.77. The van der Waals surface area contributed by atoms with Crippen LogP contribution in [-0.4, -0.2) is 18.9 Å². The standard InChI is InChI=1S/C11H18O3/c1-10(12)8-6-4-3-5-7-9-11(13)14-2/h7,9H,3-6,8H2,1-2H3. The lowest BCUT2D eigenvalue weighted by Crippen LogP contribution is -1.93. The summed E-state index contributed by atoms with van der Waals surface area (Å²) in [5, 5.41) is 0. The van der Waals surface area contributed by atoms with Crippen molar-refractivity contribution in [2.75, 3.05) is 7.11 Å². The van der Waals surface area contributed by atoms with Crippen LogP contribution in [0, 0.1) is 0 Å². The highest BCUT2D eigenvalue weighted by Crippen LogP contribution is 2.03. The minimum absolute atomic E-state index is 0.245. The molecule has 0 heterocycles. The van der Waals surface area contributed by atoms with E-state index < -0.39 is 0 Å². The lowest BCUT2D eigenvalue weighted by atomic mass is 10.1. The van der Waals surface area contributed by atoms with Crippen LogP contribution in [0.15, 0.2) is 12.2 Å². The zero-order chi connectivity index (χ0) is 10.8. The maximum Gasteiger partial charge on any atom is 0.330 e. The van der Waals surface area contributed by atoms with Crippen LogP contribution in [0.3, 0.4) is 0 Å². The number of hydrogen-bond donors (Lipinski definition) is 0. The Kier molecular flexibility index (Phi) is 7.80. The van der Waals surface area contributed by atoms with E-state index in [0.29, 0.717) is 6.42 Å². The molecule has 0 spiro atoms. The highest BCUT2D eigenvalue weighted by molar-refractivity contribution is 5.81. The number of rotatable bonds is 7. The molecule has 0 aromatic carbocycles. The van der Waals surface area contributed by atoms with Crippen molar-refractivity contribution in [2.24, 2.45) is 0 Å². The predicted molar refractivity (Wildman–Crippen MR) is 54.9 cm³/mol. The first-order chi connectivity index (χ1) is 6.66. The molecule has 0 rings (SSSR count). The summed E-state index contributed by atoms with van der Waals surface area (Å²) in [5.41, 5.74) is 0. The fourth-order valence-electron chi connectivity index (χ4n) is 1.06. The van der Waals surface area contributed by atoms with Crippen molar-refractivity contribution in [1.82, 2.24) is 0 Å². The van der Waals surface area contributed by atoms with Crippen LogP contribution in [0.2, 0.25) is 0 Å². The number of ketones is 1. The van der Waals surface area contributed by atoms with Gasteiger partial charge in [0.2, 0.25) is 0 Å². The van der Waals surface area contributed by atoms with E-state index in [1.165, 1.54) is 13.2 Å². The van der Waals surface area contributed by atoms with E-state index in [9.17, 15) is 9.59 Å². The van der Waals surface area contributed by atoms with Crippen LogP contribution in [0.5, 0.6) is 0 Å². The fraction of sp³-hybridized carbons (Fsp3) is 0.636. The second-order valence-corrected chi connectivity index (χ2v) is 3.23. The topological polar surface area (TPSA) is 43.4 Å². The van der Waals surface area contributed by atoms with Gasteiger partial charge in [-0.05, 0) is 26.2 Å². The molecule has 3 heteroatoms. The Balaban J connectivity index is 3.25. The molecule has 0 radical (unpaired) electrons. The lowest BCUT2D eigenvalue weighted by Gasteiger charge is -1.95. The maximum atomic E-state index is 10.6. The van der Waals surface area contributed by atoms with E-state index in [4.69, 9.17) is 0 Å². The van der Waals surface area contributed by atoms with E-state index in [-0.39, 0.29) is 11.8 Å². The van der Waals surface area contributed by atoms with Crippen LogP contribution < -0.4 is 0 Å². The molecule has 0 amide bonds. The number of carbonyl (C=O) groups is 2. The molecule has 0 aliphatic carbocycles. The van der Waals surface area contributed by atoms with Crippen molar-refractivity contribution in [3.05, 3.63) is 12.2 Å². The molecule has 0 aromatic heterocycles. The molecule has 0 saturated carbocycles. The van der Waals surface area contributed by atoms with Gasteiger partial charge in [0.05, 0.1) is 7.11 Å². The minimum Gasteiger partial charge on any atom is -0.466 e. The largest absolute Gasteiger partial charge is 0.466 e. The van der Waals surface area contributed by atoms with Gasteiger partial charge in [0.1, 0.15) is 5.78 Å². The van der Waals surface area contributed by atoms with Crippen LogP contribution in [0.1, 0.15) is 39.0 Å². The summed E-state index contributed by atoms with van der Waals surface area (Å²) < 4.78 is 4.44. The van der Waals surface area contributed by atoms with E-state index in [1.54, 1.807) is 13.0 Å². The molecule has 3 nitrogen and oxygen atoms in total. The van der Waals surface area contributed by atoms with Crippen LogP contribution >= 0.6 is 0 Å². The van der Waals surface area contributed by atoms with Gasteiger partial charge >= 0.3 is 5.97 Å². The average Bonchev–Trinajstić information content (AvgIpc) is 2.15. The normalized spacial score (nSPS) is 10.4. The van der Waals surface area contributed by atoms with Crippen molar-refractivity contribution >= 4 is 11.8 Å². The summed E-state index contributed by atoms with van der Waals surface area (Å²) in [4.78, 5) is 21.2. The third-order valence-electron chi connectivity index (χ3n) is 1.85. The van der Waals surface area contributed by atoms with E-state index >= 15 is 0 Å². The SMILES string of the molecule is COC(=O)C=CCCCCCC(C)=O. The Bertz CT molecular complexity index is 207. The molecule has 0 atom stereocenters. The summed E-state index contributed by atoms with van der Waals surface area (Å²) in [7, 11) is 1.36. The van der Waals surface area contributed by atoms with Gasteiger partial charge in [0.15, 0.2) is 0 Å². The van der Waals surface area contributed by atoms with Crippen molar-refractivity contribution in [3.8, 4) is 0 Å². The molecule has 14 heavy (non-hydrogen) atoms. The van der Waals surface area contributed by atoms with Gasteiger partial charge in [-0.1, -0.05) is 12.5 Å². The number of ether oxygens (including phenoxy) is 1. The molecular weight excluding hydrogens is 180 g/mol. The molecule has 0 aliphatic heterocycles. The highest BCUT2D eigenvalue weighted by atomic mass is 16.5. The van der Waals surface area contributed by atoms with E-state index in [2.05, 4.69) is 4.74 Å². The van der Waals surface area contributed by atoms with Gasteiger partial charge in [-0.25, -0.2) is 4.79 Å². The molecule has 0 bridgehead atoms. The number of unbranched alkanes of at least 4 members (excludes halogenated alkanes) is 3. The van der Waals surface area contributed by atoms with Gasteiger partial charge in [0, 0.05) is 12.5 Å². The minimum atomic E-state index is -0.311. The van der Waals surface area contributed by atoms with E-state index in [0.717, 1.165) is 25.7 Å². The fourth-order valence-corrected chi connectivity index (χ4v) is 1.06. The molecule has 80 valence electrons. The quantitative estimate of drug-likeness (QED) is 0.358. The third kappa shape index (κ3) is 8.97. The van der Waals surface area contributed by atoms with Gasteiger partial charge in [-0.2, -0.15) is 0 Å². The first-order valence-corrected chi connectivity index (χ1v) is 4.90. The molecule has 0 N–H and O–H groups in total. The molecule has 0 aromatic rings. The Morgan fingerprint density at radius 3 is 2.50 bits per heavy atom.